The summed E-state index contributed by atoms with van der Waals surface area (Å²) in [6, 6.07) is 0. The first-order chi connectivity index (χ1) is 9.62. The molecule has 1 saturated carbocycles. The summed E-state index contributed by atoms with van der Waals surface area (Å²) >= 11 is 0. The summed E-state index contributed by atoms with van der Waals surface area (Å²) in [5, 5.41) is 3.45. The molecule has 1 fully saturated rings. The molecule has 0 spiro atoms. The first-order valence-electron chi connectivity index (χ1n) is 9.26. The van der Waals surface area contributed by atoms with Crippen LogP contribution in [0.1, 0.15) is 79.1 Å². The molecule has 4 atom stereocenters. The van der Waals surface area contributed by atoms with E-state index in [0.717, 1.165) is 29.6 Å². The van der Waals surface area contributed by atoms with Crippen LogP contribution in [0.2, 0.25) is 0 Å². The van der Waals surface area contributed by atoms with Crippen molar-refractivity contribution < 1.29 is 0 Å². The summed E-state index contributed by atoms with van der Waals surface area (Å²) < 4.78 is 0. The van der Waals surface area contributed by atoms with E-state index >= 15 is 0 Å². The molecular formula is C19H39N. The Morgan fingerprint density at radius 1 is 1.10 bits per heavy atom. The fraction of sp³-hybridized carbons (Fsp3) is 1.00. The van der Waals surface area contributed by atoms with Gasteiger partial charge >= 0.3 is 0 Å². The molecule has 1 N–H and O–H groups in total. The standard InChI is InChI=1S/C19H39N/c1-6-8-9-16(7-2)12-19-13-17(15(3)4)10-11-18(19)14-20-5/h15-20H,6-14H2,1-5H3. The molecule has 4 unspecified atom stereocenters. The van der Waals surface area contributed by atoms with Gasteiger partial charge in [-0.05, 0) is 68.9 Å². The molecule has 1 aliphatic rings. The highest BCUT2D eigenvalue weighted by Crippen LogP contribution is 2.41. The quantitative estimate of drug-likeness (QED) is 0.588. The van der Waals surface area contributed by atoms with E-state index < -0.39 is 0 Å². The third-order valence-electron chi connectivity index (χ3n) is 5.77. The Kier molecular flexibility index (Phi) is 8.84. The van der Waals surface area contributed by atoms with Gasteiger partial charge in [0.05, 0.1) is 0 Å². The van der Waals surface area contributed by atoms with Gasteiger partial charge in [0.2, 0.25) is 0 Å². The lowest BCUT2D eigenvalue weighted by molar-refractivity contribution is 0.121. The van der Waals surface area contributed by atoms with Crippen molar-refractivity contribution in [2.24, 2.45) is 29.6 Å². The van der Waals surface area contributed by atoms with Crippen LogP contribution in [0.25, 0.3) is 0 Å². The smallest absolute Gasteiger partial charge is 0.00209 e. The zero-order chi connectivity index (χ0) is 15.0. The van der Waals surface area contributed by atoms with E-state index in [-0.39, 0.29) is 0 Å². The van der Waals surface area contributed by atoms with Crippen molar-refractivity contribution in [3.05, 3.63) is 0 Å². The van der Waals surface area contributed by atoms with E-state index in [4.69, 9.17) is 0 Å². The van der Waals surface area contributed by atoms with Crippen molar-refractivity contribution >= 4 is 0 Å². The lowest BCUT2D eigenvalue weighted by Gasteiger charge is -2.39. The highest BCUT2D eigenvalue weighted by molar-refractivity contribution is 4.84. The Hall–Kier alpha value is -0.0400. The molecule has 0 aromatic heterocycles. The Morgan fingerprint density at radius 2 is 1.85 bits per heavy atom. The van der Waals surface area contributed by atoms with Crippen LogP contribution in [0, 0.1) is 29.6 Å². The number of unbranched alkanes of at least 4 members (excludes halogenated alkanes) is 1. The van der Waals surface area contributed by atoms with Gasteiger partial charge in [0.25, 0.3) is 0 Å². The molecule has 1 heteroatoms. The molecule has 1 aliphatic carbocycles. The Labute approximate surface area is 128 Å². The maximum absolute atomic E-state index is 3.45. The van der Waals surface area contributed by atoms with Gasteiger partial charge in [0.1, 0.15) is 0 Å². The first kappa shape index (κ1) is 18.0. The molecule has 0 aliphatic heterocycles. The molecule has 0 aromatic carbocycles. The summed E-state index contributed by atoms with van der Waals surface area (Å²) in [5.41, 5.74) is 0. The number of rotatable bonds is 9. The van der Waals surface area contributed by atoms with Crippen LogP contribution in [-0.4, -0.2) is 13.6 Å². The van der Waals surface area contributed by atoms with Crippen molar-refractivity contribution in [3.8, 4) is 0 Å². The molecule has 20 heavy (non-hydrogen) atoms. The summed E-state index contributed by atoms with van der Waals surface area (Å²) in [6.07, 6.45) is 11.5. The predicted octanol–water partition coefficient (Wildman–Crippen LogP) is 5.50. The molecule has 1 nitrogen and oxygen atoms in total. The average molecular weight is 282 g/mol. The highest BCUT2D eigenvalue weighted by Gasteiger charge is 2.32. The van der Waals surface area contributed by atoms with Crippen LogP contribution in [0.4, 0.5) is 0 Å². The molecule has 0 saturated heterocycles. The van der Waals surface area contributed by atoms with Gasteiger partial charge in [-0.2, -0.15) is 0 Å². The summed E-state index contributed by atoms with van der Waals surface area (Å²) in [5.74, 6) is 4.75. The van der Waals surface area contributed by atoms with E-state index in [0.29, 0.717) is 0 Å². The zero-order valence-electron chi connectivity index (χ0n) is 14.8. The number of nitrogens with one attached hydrogen (secondary N) is 1. The average Bonchev–Trinajstić information content (AvgIpc) is 2.44. The SMILES string of the molecule is CCCCC(CC)CC1CC(C(C)C)CCC1CNC. The minimum Gasteiger partial charge on any atom is -0.319 e. The Bertz CT molecular complexity index is 236. The summed E-state index contributed by atoms with van der Waals surface area (Å²) in [7, 11) is 2.12. The van der Waals surface area contributed by atoms with Gasteiger partial charge in [-0.3, -0.25) is 0 Å². The molecule has 0 bridgehead atoms. The Balaban J connectivity index is 2.57. The molecule has 0 amide bonds. The Morgan fingerprint density at radius 3 is 2.40 bits per heavy atom. The van der Waals surface area contributed by atoms with Crippen LogP contribution in [0.3, 0.4) is 0 Å². The van der Waals surface area contributed by atoms with Crippen molar-refractivity contribution in [2.75, 3.05) is 13.6 Å². The van der Waals surface area contributed by atoms with Gasteiger partial charge < -0.3 is 5.32 Å². The maximum atomic E-state index is 3.45. The monoisotopic (exact) mass is 281 g/mol. The van der Waals surface area contributed by atoms with E-state index in [9.17, 15) is 0 Å². The molecule has 0 aromatic rings. The van der Waals surface area contributed by atoms with Gasteiger partial charge in [0.15, 0.2) is 0 Å². The van der Waals surface area contributed by atoms with E-state index in [1.54, 1.807) is 0 Å². The lowest BCUT2D eigenvalue weighted by atomic mass is 9.67. The second-order valence-electron chi connectivity index (χ2n) is 7.55. The largest absolute Gasteiger partial charge is 0.319 e. The second kappa shape index (κ2) is 9.82. The second-order valence-corrected chi connectivity index (χ2v) is 7.55. The van der Waals surface area contributed by atoms with E-state index in [1.807, 2.05) is 0 Å². The number of hydrogen-bond acceptors (Lipinski definition) is 1. The van der Waals surface area contributed by atoms with Crippen LogP contribution in [-0.2, 0) is 0 Å². The lowest BCUT2D eigenvalue weighted by Crippen LogP contribution is -2.34. The van der Waals surface area contributed by atoms with Crippen molar-refractivity contribution in [1.82, 2.24) is 5.32 Å². The molecular weight excluding hydrogens is 242 g/mol. The summed E-state index contributed by atoms with van der Waals surface area (Å²) in [4.78, 5) is 0. The van der Waals surface area contributed by atoms with Crippen LogP contribution in [0.15, 0.2) is 0 Å². The fourth-order valence-electron chi connectivity index (χ4n) is 4.20. The summed E-state index contributed by atoms with van der Waals surface area (Å²) in [6.45, 7) is 10.8. The predicted molar refractivity (Wildman–Crippen MR) is 91.0 cm³/mol. The van der Waals surface area contributed by atoms with E-state index in [2.05, 4.69) is 40.1 Å². The van der Waals surface area contributed by atoms with Gasteiger partial charge in [-0.1, -0.05) is 53.4 Å². The topological polar surface area (TPSA) is 12.0 Å². The molecule has 0 heterocycles. The van der Waals surface area contributed by atoms with Crippen LogP contribution in [0.5, 0.6) is 0 Å². The van der Waals surface area contributed by atoms with Gasteiger partial charge in [0, 0.05) is 0 Å². The first-order valence-corrected chi connectivity index (χ1v) is 9.26. The van der Waals surface area contributed by atoms with Crippen molar-refractivity contribution in [3.63, 3.8) is 0 Å². The van der Waals surface area contributed by atoms with Crippen molar-refractivity contribution in [2.45, 2.75) is 79.1 Å². The number of hydrogen-bond donors (Lipinski definition) is 1. The highest BCUT2D eigenvalue weighted by atomic mass is 14.8. The third kappa shape index (κ3) is 5.76. The third-order valence-corrected chi connectivity index (χ3v) is 5.77. The normalized spacial score (nSPS) is 28.8. The van der Waals surface area contributed by atoms with Gasteiger partial charge in [-0.25, -0.2) is 0 Å². The van der Waals surface area contributed by atoms with Gasteiger partial charge in [-0.15, -0.1) is 0 Å². The maximum Gasteiger partial charge on any atom is -0.00209 e. The van der Waals surface area contributed by atoms with Crippen molar-refractivity contribution in [1.29, 1.82) is 0 Å². The fourth-order valence-corrected chi connectivity index (χ4v) is 4.20. The minimum atomic E-state index is 0.878. The minimum absolute atomic E-state index is 0.878. The van der Waals surface area contributed by atoms with Crippen LogP contribution >= 0.6 is 0 Å². The molecule has 120 valence electrons. The molecule has 1 rings (SSSR count). The zero-order valence-corrected chi connectivity index (χ0v) is 14.8. The van der Waals surface area contributed by atoms with Crippen LogP contribution < -0.4 is 5.32 Å². The van der Waals surface area contributed by atoms with E-state index in [1.165, 1.54) is 57.9 Å². The molecule has 0 radical (unpaired) electrons.